The van der Waals surface area contributed by atoms with Gasteiger partial charge in [-0.25, -0.2) is 14.3 Å². The first-order valence-electron chi connectivity index (χ1n) is 6.68. The summed E-state index contributed by atoms with van der Waals surface area (Å²) in [6.07, 6.45) is 1.39. The lowest BCUT2D eigenvalue weighted by molar-refractivity contribution is 0.0689. The first kappa shape index (κ1) is 15.2. The Bertz CT molecular complexity index is 523. The number of likely N-dealkylation sites (tertiary alicyclic amines) is 1. The van der Waals surface area contributed by atoms with E-state index in [1.54, 1.807) is 16.8 Å². The maximum atomic E-state index is 12.1. The van der Waals surface area contributed by atoms with E-state index in [9.17, 15) is 9.59 Å². The second-order valence-electron chi connectivity index (χ2n) is 5.46. The summed E-state index contributed by atoms with van der Waals surface area (Å²) in [6.45, 7) is 2.52. The molecular formula is C12H20N6O3. The molecule has 1 aliphatic heterocycles. The zero-order chi connectivity index (χ0) is 15.6. The highest BCUT2D eigenvalue weighted by Gasteiger charge is 2.34. The molecule has 1 fully saturated rings. The van der Waals surface area contributed by atoms with Crippen molar-refractivity contribution in [1.82, 2.24) is 29.7 Å². The molecule has 1 aromatic heterocycles. The molecule has 116 valence electrons. The molecule has 0 radical (unpaired) electrons. The molecule has 1 saturated heterocycles. The van der Waals surface area contributed by atoms with E-state index in [1.165, 1.54) is 10.9 Å². The lowest BCUT2D eigenvalue weighted by atomic mass is 10.1. The van der Waals surface area contributed by atoms with Crippen molar-refractivity contribution in [2.75, 3.05) is 47.3 Å². The minimum absolute atomic E-state index is 0.00296. The van der Waals surface area contributed by atoms with Crippen LogP contribution in [0.5, 0.6) is 0 Å². The second-order valence-corrected chi connectivity index (χ2v) is 5.46. The Morgan fingerprint density at radius 1 is 1.33 bits per heavy atom. The van der Waals surface area contributed by atoms with Gasteiger partial charge in [-0.05, 0) is 14.1 Å². The predicted molar refractivity (Wildman–Crippen MR) is 74.2 cm³/mol. The number of carboxylic acid groups (broad SMARTS) is 1. The molecule has 0 bridgehead atoms. The van der Waals surface area contributed by atoms with Crippen LogP contribution in [0.3, 0.4) is 0 Å². The molecular weight excluding hydrogens is 276 g/mol. The highest BCUT2D eigenvalue weighted by molar-refractivity contribution is 5.84. The van der Waals surface area contributed by atoms with Crippen LogP contribution in [0, 0.1) is 0 Å². The number of aromatic nitrogens is 3. The number of likely N-dealkylation sites (N-methyl/N-ethyl adjacent to an activating group) is 2. The zero-order valence-corrected chi connectivity index (χ0v) is 12.4. The van der Waals surface area contributed by atoms with Crippen LogP contribution < -0.4 is 0 Å². The number of rotatable bonds is 5. The number of carboxylic acids is 1. The van der Waals surface area contributed by atoms with E-state index in [4.69, 9.17) is 5.11 Å². The normalized spacial score (nSPS) is 15.1. The number of hydrogen-bond acceptors (Lipinski definition) is 5. The highest BCUT2D eigenvalue weighted by Crippen LogP contribution is 2.21. The van der Waals surface area contributed by atoms with Crippen molar-refractivity contribution in [2.24, 2.45) is 0 Å². The lowest BCUT2D eigenvalue weighted by Crippen LogP contribution is -2.55. The maximum Gasteiger partial charge on any atom is 0.358 e. The van der Waals surface area contributed by atoms with Gasteiger partial charge >= 0.3 is 12.0 Å². The fourth-order valence-corrected chi connectivity index (χ4v) is 2.02. The molecule has 1 aliphatic rings. The molecule has 0 unspecified atom stereocenters. The molecule has 21 heavy (non-hydrogen) atoms. The molecule has 0 atom stereocenters. The third-order valence-electron chi connectivity index (χ3n) is 3.45. The van der Waals surface area contributed by atoms with Crippen LogP contribution in [0.4, 0.5) is 4.79 Å². The molecule has 9 heteroatoms. The van der Waals surface area contributed by atoms with E-state index in [2.05, 4.69) is 10.3 Å². The van der Waals surface area contributed by atoms with Gasteiger partial charge in [0.15, 0.2) is 5.69 Å². The van der Waals surface area contributed by atoms with Gasteiger partial charge < -0.3 is 19.8 Å². The van der Waals surface area contributed by atoms with Crippen molar-refractivity contribution < 1.29 is 14.7 Å². The second kappa shape index (κ2) is 6.08. The number of aromatic carboxylic acids is 1. The summed E-state index contributed by atoms with van der Waals surface area (Å²) in [4.78, 5) is 28.3. The molecule has 9 nitrogen and oxygen atoms in total. The van der Waals surface area contributed by atoms with E-state index in [0.717, 1.165) is 6.54 Å². The minimum atomic E-state index is -1.10. The van der Waals surface area contributed by atoms with Crippen molar-refractivity contribution in [3.8, 4) is 0 Å². The van der Waals surface area contributed by atoms with E-state index < -0.39 is 5.97 Å². The number of urea groups is 1. The van der Waals surface area contributed by atoms with Gasteiger partial charge in [-0.1, -0.05) is 5.21 Å². The summed E-state index contributed by atoms with van der Waals surface area (Å²) < 4.78 is 1.51. The van der Waals surface area contributed by atoms with Gasteiger partial charge in [-0.15, -0.1) is 5.10 Å². The van der Waals surface area contributed by atoms with E-state index >= 15 is 0 Å². The lowest BCUT2D eigenvalue weighted by Gasteiger charge is -2.40. The Kier molecular flexibility index (Phi) is 4.41. The van der Waals surface area contributed by atoms with Crippen LogP contribution in [0.1, 0.15) is 16.5 Å². The van der Waals surface area contributed by atoms with Crippen LogP contribution >= 0.6 is 0 Å². The van der Waals surface area contributed by atoms with Crippen LogP contribution in [0.15, 0.2) is 6.20 Å². The van der Waals surface area contributed by atoms with Gasteiger partial charge in [0.1, 0.15) is 0 Å². The van der Waals surface area contributed by atoms with Gasteiger partial charge in [-0.3, -0.25) is 0 Å². The van der Waals surface area contributed by atoms with Crippen LogP contribution in [-0.4, -0.2) is 94.1 Å². The topological polar surface area (TPSA) is 94.8 Å². The predicted octanol–water partition coefficient (Wildman–Crippen LogP) is -0.554. The van der Waals surface area contributed by atoms with Gasteiger partial charge in [0.2, 0.25) is 0 Å². The van der Waals surface area contributed by atoms with E-state index in [0.29, 0.717) is 19.6 Å². The molecule has 0 aliphatic carbocycles. The Morgan fingerprint density at radius 3 is 2.52 bits per heavy atom. The van der Waals surface area contributed by atoms with Crippen molar-refractivity contribution in [1.29, 1.82) is 0 Å². The third-order valence-corrected chi connectivity index (χ3v) is 3.45. The molecule has 2 amide bonds. The Morgan fingerprint density at radius 2 is 2.00 bits per heavy atom. The summed E-state index contributed by atoms with van der Waals surface area (Å²) in [7, 11) is 5.70. The molecule has 1 aromatic rings. The number of nitrogens with zero attached hydrogens (tertiary/aromatic N) is 6. The van der Waals surface area contributed by atoms with Gasteiger partial charge in [0, 0.05) is 33.2 Å². The zero-order valence-electron chi connectivity index (χ0n) is 12.4. The summed E-state index contributed by atoms with van der Waals surface area (Å²) in [6, 6.07) is -0.0246. The molecule has 2 heterocycles. The summed E-state index contributed by atoms with van der Waals surface area (Å²) >= 11 is 0. The quantitative estimate of drug-likeness (QED) is 0.783. The summed E-state index contributed by atoms with van der Waals surface area (Å²) in [5.41, 5.74) is -0.0807. The van der Waals surface area contributed by atoms with Gasteiger partial charge in [-0.2, -0.15) is 0 Å². The molecule has 0 spiro atoms. The van der Waals surface area contributed by atoms with Crippen molar-refractivity contribution >= 4 is 12.0 Å². The van der Waals surface area contributed by atoms with Crippen LogP contribution in [-0.2, 0) is 0 Å². The number of carbonyl (C=O) groups is 2. The standard InChI is InChI=1S/C12H20N6O3/c1-15(2)4-5-16(3)12(21)17-6-9(7-17)18-8-10(11(19)20)13-14-18/h8-9H,4-7H2,1-3H3,(H,19,20). The monoisotopic (exact) mass is 296 g/mol. The molecule has 0 saturated carbocycles. The third kappa shape index (κ3) is 3.48. The Balaban J connectivity index is 1.82. The smallest absolute Gasteiger partial charge is 0.358 e. The number of hydrogen-bond donors (Lipinski definition) is 1. The minimum Gasteiger partial charge on any atom is -0.476 e. The molecule has 2 rings (SSSR count). The van der Waals surface area contributed by atoms with Crippen molar-refractivity contribution in [2.45, 2.75) is 6.04 Å². The van der Waals surface area contributed by atoms with Crippen LogP contribution in [0.25, 0.3) is 0 Å². The van der Waals surface area contributed by atoms with Gasteiger partial charge in [0.25, 0.3) is 0 Å². The average molecular weight is 296 g/mol. The van der Waals surface area contributed by atoms with Crippen molar-refractivity contribution in [3.63, 3.8) is 0 Å². The number of amides is 2. The SMILES string of the molecule is CN(C)CCN(C)C(=O)N1CC(n2cc(C(=O)O)nn2)C1. The Labute approximate surface area is 122 Å². The Hall–Kier alpha value is -2.16. The van der Waals surface area contributed by atoms with Crippen LogP contribution in [0.2, 0.25) is 0 Å². The van der Waals surface area contributed by atoms with Crippen molar-refractivity contribution in [3.05, 3.63) is 11.9 Å². The molecule has 0 aromatic carbocycles. The summed E-state index contributed by atoms with van der Waals surface area (Å²) in [5.74, 6) is -1.10. The highest BCUT2D eigenvalue weighted by atomic mass is 16.4. The first-order valence-corrected chi connectivity index (χ1v) is 6.68. The fourth-order valence-electron chi connectivity index (χ4n) is 2.02. The summed E-state index contributed by atoms with van der Waals surface area (Å²) in [5, 5.41) is 16.1. The van der Waals surface area contributed by atoms with E-state index in [-0.39, 0.29) is 17.8 Å². The number of carbonyl (C=O) groups excluding carboxylic acids is 1. The van der Waals surface area contributed by atoms with Gasteiger partial charge in [0.05, 0.1) is 12.2 Å². The molecule has 1 N–H and O–H groups in total. The first-order chi connectivity index (χ1) is 9.88. The average Bonchev–Trinajstić information content (AvgIpc) is 2.83. The van der Waals surface area contributed by atoms with E-state index in [1.807, 2.05) is 19.0 Å². The fraction of sp³-hybridized carbons (Fsp3) is 0.667. The largest absolute Gasteiger partial charge is 0.476 e. The maximum absolute atomic E-state index is 12.1.